The van der Waals surface area contributed by atoms with Crippen LogP contribution in [0.3, 0.4) is 0 Å². The van der Waals surface area contributed by atoms with Gasteiger partial charge in [-0.15, -0.1) is 0 Å². The van der Waals surface area contributed by atoms with Crippen LogP contribution < -0.4 is 16.0 Å². The Morgan fingerprint density at radius 1 is 1.21 bits per heavy atom. The Balaban J connectivity index is 1.44. The van der Waals surface area contributed by atoms with Gasteiger partial charge < -0.3 is 20.9 Å². The summed E-state index contributed by atoms with van der Waals surface area (Å²) >= 11 is 6.06. The minimum atomic E-state index is -0.834. The lowest BCUT2D eigenvalue weighted by atomic mass is 9.92. The van der Waals surface area contributed by atoms with Gasteiger partial charge in [0.2, 0.25) is 11.8 Å². The molecule has 2 heterocycles. The molecule has 2 fully saturated rings. The van der Waals surface area contributed by atoms with Gasteiger partial charge in [0.1, 0.15) is 23.6 Å². The van der Waals surface area contributed by atoms with Crippen LogP contribution in [0.2, 0.25) is 5.02 Å². The zero-order valence-corrected chi connectivity index (χ0v) is 18.7. The van der Waals surface area contributed by atoms with Gasteiger partial charge in [-0.3, -0.25) is 14.4 Å². The van der Waals surface area contributed by atoms with E-state index < -0.39 is 29.7 Å². The highest BCUT2D eigenvalue weighted by atomic mass is 35.5. The number of halogens is 2. The van der Waals surface area contributed by atoms with Crippen LogP contribution in [0.4, 0.5) is 4.39 Å². The number of aromatic nitrogens is 1. The van der Waals surface area contributed by atoms with Gasteiger partial charge in [-0.2, -0.15) is 5.26 Å². The van der Waals surface area contributed by atoms with Crippen molar-refractivity contribution in [2.75, 3.05) is 6.54 Å². The Morgan fingerprint density at radius 2 is 2.00 bits per heavy atom. The molecule has 0 spiro atoms. The number of carbonyl (C=O) groups excluding carboxylic acids is 3. The molecule has 1 aliphatic heterocycles. The molecule has 1 saturated carbocycles. The first-order valence-electron chi connectivity index (χ1n) is 11.1. The summed E-state index contributed by atoms with van der Waals surface area (Å²) < 4.78 is 13.6. The van der Waals surface area contributed by atoms with Gasteiger partial charge in [-0.25, -0.2) is 4.39 Å². The number of piperidine rings is 1. The lowest BCUT2D eigenvalue weighted by molar-refractivity contribution is -0.128. The fourth-order valence-electron chi connectivity index (χ4n) is 4.20. The Bertz CT molecular complexity index is 1120. The number of nitriles is 1. The maximum absolute atomic E-state index is 13.6. The Morgan fingerprint density at radius 3 is 2.70 bits per heavy atom. The first kappa shape index (κ1) is 23.1. The van der Waals surface area contributed by atoms with E-state index in [4.69, 9.17) is 11.6 Å². The maximum atomic E-state index is 13.6. The number of amides is 3. The highest BCUT2D eigenvalue weighted by Gasteiger charge is 2.33. The molecule has 174 valence electrons. The highest BCUT2D eigenvalue weighted by molar-refractivity contribution is 6.35. The van der Waals surface area contributed by atoms with E-state index in [0.29, 0.717) is 36.2 Å². The first-order valence-corrected chi connectivity index (χ1v) is 11.5. The SMILES string of the molecule is N#CC(C[C@@H]1CCCNC1=O)NC(=O)C(CC1CC1)NC(=O)c1cc2c(Cl)cc(F)cc2[nH]1. The van der Waals surface area contributed by atoms with Crippen molar-refractivity contribution in [2.45, 2.75) is 50.6 Å². The number of fused-ring (bicyclic) bond motifs is 1. The van der Waals surface area contributed by atoms with E-state index in [0.717, 1.165) is 25.3 Å². The van der Waals surface area contributed by atoms with Crippen molar-refractivity contribution < 1.29 is 18.8 Å². The number of nitrogens with zero attached hydrogens (tertiary/aromatic N) is 1. The van der Waals surface area contributed by atoms with Crippen LogP contribution in [0.1, 0.15) is 49.0 Å². The van der Waals surface area contributed by atoms with Gasteiger partial charge in [0.25, 0.3) is 5.91 Å². The van der Waals surface area contributed by atoms with Crippen molar-refractivity contribution in [1.82, 2.24) is 20.9 Å². The molecule has 2 unspecified atom stereocenters. The summed E-state index contributed by atoms with van der Waals surface area (Å²) in [6.45, 7) is 0.625. The Hall–Kier alpha value is -3.12. The predicted octanol–water partition coefficient (Wildman–Crippen LogP) is 2.78. The lowest BCUT2D eigenvalue weighted by Crippen LogP contribution is -2.50. The monoisotopic (exact) mass is 473 g/mol. The molecule has 2 aliphatic rings. The summed E-state index contributed by atoms with van der Waals surface area (Å²) in [6, 6.07) is 4.31. The van der Waals surface area contributed by atoms with Crippen LogP contribution in [0.25, 0.3) is 10.9 Å². The Labute approximate surface area is 195 Å². The molecule has 10 heteroatoms. The number of hydrogen-bond donors (Lipinski definition) is 4. The van der Waals surface area contributed by atoms with Crippen molar-refractivity contribution in [3.8, 4) is 6.07 Å². The summed E-state index contributed by atoms with van der Waals surface area (Å²) in [5.74, 6) is -1.61. The minimum Gasteiger partial charge on any atom is -0.356 e. The summed E-state index contributed by atoms with van der Waals surface area (Å²) in [4.78, 5) is 40.7. The molecule has 3 atom stereocenters. The van der Waals surface area contributed by atoms with E-state index in [1.54, 1.807) is 0 Å². The molecule has 1 saturated heterocycles. The van der Waals surface area contributed by atoms with Gasteiger partial charge in [-0.05, 0) is 49.8 Å². The molecule has 1 aromatic heterocycles. The maximum Gasteiger partial charge on any atom is 0.268 e. The third-order valence-electron chi connectivity index (χ3n) is 6.18. The van der Waals surface area contributed by atoms with Gasteiger partial charge in [0, 0.05) is 17.8 Å². The number of benzene rings is 1. The number of hydrogen-bond acceptors (Lipinski definition) is 4. The van der Waals surface area contributed by atoms with Crippen LogP contribution in [-0.2, 0) is 9.59 Å². The molecular weight excluding hydrogens is 449 g/mol. The summed E-state index contributed by atoms with van der Waals surface area (Å²) in [6.07, 6.45) is 4.14. The molecule has 4 N–H and O–H groups in total. The zero-order valence-electron chi connectivity index (χ0n) is 17.9. The summed E-state index contributed by atoms with van der Waals surface area (Å²) in [5.41, 5.74) is 0.533. The van der Waals surface area contributed by atoms with Crippen molar-refractivity contribution >= 4 is 40.2 Å². The van der Waals surface area contributed by atoms with E-state index in [9.17, 15) is 24.0 Å². The van der Waals surface area contributed by atoms with Gasteiger partial charge >= 0.3 is 0 Å². The molecule has 1 aromatic carbocycles. The molecule has 3 amide bonds. The van der Waals surface area contributed by atoms with Gasteiger partial charge in [0.15, 0.2) is 0 Å². The van der Waals surface area contributed by atoms with Crippen LogP contribution in [0.15, 0.2) is 18.2 Å². The number of H-pyrrole nitrogens is 1. The standard InChI is InChI=1S/C23H25ClFN5O3/c24-17-8-14(25)9-18-16(17)10-20(29-18)23(33)30-19(6-12-3-4-12)22(32)28-15(11-26)7-13-2-1-5-27-21(13)31/h8-10,12-13,15,19,29H,1-7H2,(H,27,31)(H,28,32)(H,30,33)/t13-,15?,19?/m0/s1. The third-order valence-corrected chi connectivity index (χ3v) is 6.49. The smallest absolute Gasteiger partial charge is 0.268 e. The fourth-order valence-corrected chi connectivity index (χ4v) is 4.46. The lowest BCUT2D eigenvalue weighted by Gasteiger charge is -2.25. The molecule has 1 aliphatic carbocycles. The van der Waals surface area contributed by atoms with E-state index in [-0.39, 0.29) is 29.0 Å². The second-order valence-electron chi connectivity index (χ2n) is 8.79. The van der Waals surface area contributed by atoms with Crippen molar-refractivity contribution in [3.63, 3.8) is 0 Å². The zero-order chi connectivity index (χ0) is 23.5. The Kier molecular flexibility index (Phi) is 6.84. The largest absolute Gasteiger partial charge is 0.356 e. The molecular formula is C23H25ClFN5O3. The number of rotatable bonds is 8. The third kappa shape index (κ3) is 5.63. The van der Waals surface area contributed by atoms with Crippen LogP contribution in [-0.4, -0.2) is 41.3 Å². The number of nitrogens with one attached hydrogen (secondary N) is 4. The van der Waals surface area contributed by atoms with E-state index in [1.807, 2.05) is 0 Å². The van der Waals surface area contributed by atoms with Crippen molar-refractivity contribution in [1.29, 1.82) is 5.26 Å². The average molecular weight is 474 g/mol. The number of carbonyl (C=O) groups is 3. The van der Waals surface area contributed by atoms with E-state index in [2.05, 4.69) is 27.0 Å². The second-order valence-corrected chi connectivity index (χ2v) is 9.20. The van der Waals surface area contributed by atoms with Crippen molar-refractivity contribution in [2.24, 2.45) is 11.8 Å². The highest BCUT2D eigenvalue weighted by Crippen LogP contribution is 2.34. The van der Waals surface area contributed by atoms with Crippen LogP contribution >= 0.6 is 11.6 Å². The van der Waals surface area contributed by atoms with Crippen LogP contribution in [0, 0.1) is 29.0 Å². The van der Waals surface area contributed by atoms with Crippen molar-refractivity contribution in [3.05, 3.63) is 34.7 Å². The second kappa shape index (κ2) is 9.79. The predicted molar refractivity (Wildman–Crippen MR) is 120 cm³/mol. The van der Waals surface area contributed by atoms with Crippen LogP contribution in [0.5, 0.6) is 0 Å². The molecule has 2 aromatic rings. The molecule has 0 radical (unpaired) electrons. The van der Waals surface area contributed by atoms with E-state index >= 15 is 0 Å². The average Bonchev–Trinajstić information content (AvgIpc) is 3.49. The quantitative estimate of drug-likeness (QED) is 0.470. The fraction of sp³-hybridized carbons (Fsp3) is 0.478. The van der Waals surface area contributed by atoms with Gasteiger partial charge in [-0.1, -0.05) is 24.4 Å². The normalized spacial score (nSPS) is 19.9. The topological polar surface area (TPSA) is 127 Å². The summed E-state index contributed by atoms with van der Waals surface area (Å²) in [7, 11) is 0. The van der Waals surface area contributed by atoms with Gasteiger partial charge in [0.05, 0.1) is 16.6 Å². The van der Waals surface area contributed by atoms with E-state index in [1.165, 1.54) is 12.1 Å². The molecule has 0 bridgehead atoms. The molecule has 33 heavy (non-hydrogen) atoms. The minimum absolute atomic E-state index is 0.104. The summed E-state index contributed by atoms with van der Waals surface area (Å²) in [5, 5.41) is 18.4. The first-order chi connectivity index (χ1) is 15.8. The molecule has 8 nitrogen and oxygen atoms in total. The molecule has 4 rings (SSSR count). The number of aromatic amines is 1.